The van der Waals surface area contributed by atoms with Crippen molar-refractivity contribution in [3.63, 3.8) is 0 Å². The van der Waals surface area contributed by atoms with Crippen LogP contribution in [-0.2, 0) is 6.42 Å². The third-order valence-corrected chi connectivity index (χ3v) is 3.43. The molecule has 0 bridgehead atoms. The standard InChI is InChI=1S/C14H19F3O3/c1-3-13(19,4-2)12(18)9-10-5-7-11(8-6-10)20-14(15,16)17/h5-8,12,18-19H,3-4,9H2,1-2H3. The summed E-state index contributed by atoms with van der Waals surface area (Å²) in [4.78, 5) is 0. The van der Waals surface area contributed by atoms with Gasteiger partial charge >= 0.3 is 6.36 Å². The molecule has 0 heterocycles. The van der Waals surface area contributed by atoms with Crippen LogP contribution < -0.4 is 4.74 Å². The number of aliphatic hydroxyl groups is 2. The van der Waals surface area contributed by atoms with Gasteiger partial charge in [-0.2, -0.15) is 0 Å². The largest absolute Gasteiger partial charge is 0.573 e. The van der Waals surface area contributed by atoms with E-state index in [1.165, 1.54) is 24.3 Å². The number of rotatable bonds is 6. The van der Waals surface area contributed by atoms with E-state index in [0.717, 1.165) is 0 Å². The third-order valence-electron chi connectivity index (χ3n) is 3.43. The summed E-state index contributed by atoms with van der Waals surface area (Å²) >= 11 is 0. The van der Waals surface area contributed by atoms with Gasteiger partial charge in [0.2, 0.25) is 0 Å². The maximum Gasteiger partial charge on any atom is 0.573 e. The zero-order valence-electron chi connectivity index (χ0n) is 11.4. The first kappa shape index (κ1) is 16.8. The van der Waals surface area contributed by atoms with E-state index in [1.807, 2.05) is 0 Å². The molecule has 0 saturated carbocycles. The second kappa shape index (κ2) is 6.45. The molecule has 3 nitrogen and oxygen atoms in total. The summed E-state index contributed by atoms with van der Waals surface area (Å²) < 4.78 is 39.8. The van der Waals surface area contributed by atoms with Crippen molar-refractivity contribution in [3.8, 4) is 5.75 Å². The molecule has 6 heteroatoms. The van der Waals surface area contributed by atoms with E-state index < -0.39 is 18.1 Å². The first-order valence-corrected chi connectivity index (χ1v) is 6.45. The highest BCUT2D eigenvalue weighted by molar-refractivity contribution is 5.28. The van der Waals surface area contributed by atoms with Crippen molar-refractivity contribution in [2.75, 3.05) is 0 Å². The molecule has 1 rings (SSSR count). The molecular formula is C14H19F3O3. The minimum atomic E-state index is -4.72. The maximum atomic E-state index is 12.0. The molecule has 1 atom stereocenters. The summed E-state index contributed by atoms with van der Waals surface area (Å²) in [6.07, 6.45) is -4.71. The van der Waals surface area contributed by atoms with Crippen LogP contribution in [0.15, 0.2) is 24.3 Å². The summed E-state index contributed by atoms with van der Waals surface area (Å²) in [6.45, 7) is 3.54. The molecule has 0 amide bonds. The molecule has 0 saturated heterocycles. The van der Waals surface area contributed by atoms with Crippen molar-refractivity contribution in [2.45, 2.75) is 51.2 Å². The number of aliphatic hydroxyl groups excluding tert-OH is 1. The van der Waals surface area contributed by atoms with E-state index in [4.69, 9.17) is 0 Å². The van der Waals surface area contributed by atoms with Gasteiger partial charge in [-0.3, -0.25) is 0 Å². The van der Waals surface area contributed by atoms with Crippen LogP contribution >= 0.6 is 0 Å². The number of hydrogen-bond donors (Lipinski definition) is 2. The Morgan fingerprint density at radius 1 is 1.10 bits per heavy atom. The Bertz CT molecular complexity index is 411. The van der Waals surface area contributed by atoms with Crippen molar-refractivity contribution in [2.24, 2.45) is 0 Å². The van der Waals surface area contributed by atoms with E-state index in [-0.39, 0.29) is 12.2 Å². The van der Waals surface area contributed by atoms with Gasteiger partial charge in [0, 0.05) is 6.42 Å². The molecule has 0 aliphatic heterocycles. The van der Waals surface area contributed by atoms with Crippen LogP contribution in [-0.4, -0.2) is 28.3 Å². The van der Waals surface area contributed by atoms with Crippen molar-refractivity contribution < 1.29 is 28.1 Å². The van der Waals surface area contributed by atoms with Crippen LogP contribution in [0.2, 0.25) is 0 Å². The zero-order chi connectivity index (χ0) is 15.4. The van der Waals surface area contributed by atoms with Gasteiger partial charge in [-0.25, -0.2) is 0 Å². The number of hydrogen-bond acceptors (Lipinski definition) is 3. The van der Waals surface area contributed by atoms with E-state index in [9.17, 15) is 23.4 Å². The van der Waals surface area contributed by atoms with Crippen molar-refractivity contribution in [1.82, 2.24) is 0 Å². The van der Waals surface area contributed by atoms with Crippen LogP contribution in [0.3, 0.4) is 0 Å². The molecule has 1 unspecified atom stereocenters. The quantitative estimate of drug-likeness (QED) is 0.847. The monoisotopic (exact) mass is 292 g/mol. The molecule has 1 aromatic carbocycles. The Morgan fingerprint density at radius 3 is 2.00 bits per heavy atom. The van der Waals surface area contributed by atoms with Gasteiger partial charge < -0.3 is 14.9 Å². The maximum absolute atomic E-state index is 12.0. The highest BCUT2D eigenvalue weighted by Gasteiger charge is 2.32. The van der Waals surface area contributed by atoms with E-state index >= 15 is 0 Å². The molecule has 0 aromatic heterocycles. The second-order valence-corrected chi connectivity index (χ2v) is 4.72. The van der Waals surface area contributed by atoms with Gasteiger partial charge in [0.25, 0.3) is 0 Å². The van der Waals surface area contributed by atoms with Gasteiger partial charge in [0.05, 0.1) is 11.7 Å². The van der Waals surface area contributed by atoms with Crippen LogP contribution in [0.4, 0.5) is 13.2 Å². The van der Waals surface area contributed by atoms with Crippen LogP contribution in [0.5, 0.6) is 5.75 Å². The Morgan fingerprint density at radius 2 is 1.60 bits per heavy atom. The first-order valence-electron chi connectivity index (χ1n) is 6.45. The minimum Gasteiger partial charge on any atom is -0.406 e. The molecule has 0 radical (unpaired) electrons. The van der Waals surface area contributed by atoms with Gasteiger partial charge in [-0.15, -0.1) is 13.2 Å². The zero-order valence-corrected chi connectivity index (χ0v) is 11.4. The van der Waals surface area contributed by atoms with Gasteiger partial charge in [-0.05, 0) is 30.5 Å². The van der Waals surface area contributed by atoms with Gasteiger partial charge in [0.1, 0.15) is 5.75 Å². The lowest BCUT2D eigenvalue weighted by Gasteiger charge is -2.31. The number of alkyl halides is 3. The molecule has 1 aromatic rings. The molecule has 0 aliphatic carbocycles. The summed E-state index contributed by atoms with van der Waals surface area (Å²) in [6, 6.07) is 5.26. The fourth-order valence-electron chi connectivity index (χ4n) is 1.96. The van der Waals surface area contributed by atoms with Crippen LogP contribution in [0, 0.1) is 0 Å². The molecular weight excluding hydrogens is 273 g/mol. The second-order valence-electron chi connectivity index (χ2n) is 4.72. The van der Waals surface area contributed by atoms with Gasteiger partial charge in [-0.1, -0.05) is 26.0 Å². The molecule has 2 N–H and O–H groups in total. The number of ether oxygens (including phenoxy) is 1. The average molecular weight is 292 g/mol. The lowest BCUT2D eigenvalue weighted by molar-refractivity contribution is -0.274. The highest BCUT2D eigenvalue weighted by atomic mass is 19.4. The summed E-state index contributed by atoms with van der Waals surface area (Å²) in [7, 11) is 0. The van der Waals surface area contributed by atoms with Crippen molar-refractivity contribution in [1.29, 1.82) is 0 Å². The summed E-state index contributed by atoms with van der Waals surface area (Å²) in [5.74, 6) is -0.308. The van der Waals surface area contributed by atoms with E-state index in [2.05, 4.69) is 4.74 Å². The fourth-order valence-corrected chi connectivity index (χ4v) is 1.96. The van der Waals surface area contributed by atoms with Gasteiger partial charge in [0.15, 0.2) is 0 Å². The molecule has 0 aliphatic rings. The Balaban J connectivity index is 2.70. The van der Waals surface area contributed by atoms with Crippen LogP contribution in [0.1, 0.15) is 32.3 Å². The predicted molar refractivity (Wildman–Crippen MR) is 68.4 cm³/mol. The number of halogens is 3. The first-order chi connectivity index (χ1) is 9.20. The SMILES string of the molecule is CCC(O)(CC)C(O)Cc1ccc(OC(F)(F)F)cc1. The number of benzene rings is 1. The molecule has 114 valence electrons. The average Bonchev–Trinajstić information content (AvgIpc) is 2.38. The van der Waals surface area contributed by atoms with Crippen molar-refractivity contribution in [3.05, 3.63) is 29.8 Å². The smallest absolute Gasteiger partial charge is 0.406 e. The fraction of sp³-hybridized carbons (Fsp3) is 0.571. The van der Waals surface area contributed by atoms with Crippen molar-refractivity contribution >= 4 is 0 Å². The Hall–Kier alpha value is -1.27. The van der Waals surface area contributed by atoms with Crippen LogP contribution in [0.25, 0.3) is 0 Å². The lowest BCUT2D eigenvalue weighted by Crippen LogP contribution is -2.42. The predicted octanol–water partition coefficient (Wildman–Crippen LogP) is 3.04. The molecule has 0 fully saturated rings. The van der Waals surface area contributed by atoms with E-state index in [0.29, 0.717) is 18.4 Å². The molecule has 20 heavy (non-hydrogen) atoms. The summed E-state index contributed by atoms with van der Waals surface area (Å²) in [5.41, 5.74) is -0.548. The highest BCUT2D eigenvalue weighted by Crippen LogP contribution is 2.25. The Labute approximate surface area is 116 Å². The molecule has 0 spiro atoms. The third kappa shape index (κ3) is 4.68. The Kier molecular flexibility index (Phi) is 5.42. The minimum absolute atomic E-state index is 0.171. The normalized spacial score (nSPS) is 14.2. The summed E-state index contributed by atoms with van der Waals surface area (Å²) in [5, 5.41) is 20.2. The van der Waals surface area contributed by atoms with E-state index in [1.54, 1.807) is 13.8 Å². The lowest BCUT2D eigenvalue weighted by atomic mass is 9.87. The topological polar surface area (TPSA) is 49.7 Å².